The van der Waals surface area contributed by atoms with E-state index < -0.39 is 15.9 Å². The Bertz CT molecular complexity index is 921. The Morgan fingerprint density at radius 1 is 1.12 bits per heavy atom. The minimum atomic E-state index is -3.61. The fourth-order valence-corrected chi connectivity index (χ4v) is 3.61. The van der Waals surface area contributed by atoms with E-state index in [0.29, 0.717) is 26.9 Å². The highest BCUT2D eigenvalue weighted by molar-refractivity contribution is 7.89. The molecule has 0 aliphatic carbocycles. The average Bonchev–Trinajstić information content (AvgIpc) is 2.56. The van der Waals surface area contributed by atoms with Gasteiger partial charge in [-0.15, -0.1) is 0 Å². The third kappa shape index (κ3) is 4.83. The van der Waals surface area contributed by atoms with Crippen LogP contribution in [-0.4, -0.2) is 21.4 Å². The lowest BCUT2D eigenvalue weighted by atomic mass is 10.2. The van der Waals surface area contributed by atoms with Gasteiger partial charge in [0.15, 0.2) is 0 Å². The van der Waals surface area contributed by atoms with Crippen LogP contribution in [-0.2, 0) is 14.8 Å². The summed E-state index contributed by atoms with van der Waals surface area (Å²) in [7, 11) is -2.28. The first kappa shape index (κ1) is 19.5. The molecule has 2 N–H and O–H groups in total. The molecule has 0 spiro atoms. The Hall–Kier alpha value is -1.86. The van der Waals surface area contributed by atoms with Crippen LogP contribution in [0.5, 0.6) is 0 Å². The number of halogens is 2. The third-order valence-electron chi connectivity index (χ3n) is 3.42. The quantitative estimate of drug-likeness (QED) is 0.750. The molecule has 0 heterocycles. The van der Waals surface area contributed by atoms with Gasteiger partial charge >= 0.3 is 0 Å². The summed E-state index contributed by atoms with van der Waals surface area (Å²) in [5.41, 5.74) is 1.47. The van der Waals surface area contributed by atoms with Gasteiger partial charge in [-0.1, -0.05) is 35.3 Å². The molecule has 0 bridgehead atoms. The van der Waals surface area contributed by atoms with Gasteiger partial charge in [0.1, 0.15) is 0 Å². The van der Waals surface area contributed by atoms with Crippen LogP contribution in [0.4, 0.5) is 5.69 Å². The Morgan fingerprint density at radius 3 is 2.36 bits per heavy atom. The van der Waals surface area contributed by atoms with Crippen LogP contribution in [0.1, 0.15) is 11.1 Å². The van der Waals surface area contributed by atoms with Crippen molar-refractivity contribution in [1.82, 2.24) is 4.72 Å². The van der Waals surface area contributed by atoms with E-state index in [1.165, 1.54) is 25.3 Å². The van der Waals surface area contributed by atoms with Crippen LogP contribution in [0, 0.1) is 6.92 Å². The lowest BCUT2D eigenvalue weighted by Crippen LogP contribution is -2.20. The molecule has 0 aliphatic heterocycles. The van der Waals surface area contributed by atoms with Crippen LogP contribution >= 0.6 is 23.2 Å². The zero-order valence-electron chi connectivity index (χ0n) is 13.5. The Labute approximate surface area is 156 Å². The molecule has 0 saturated heterocycles. The van der Waals surface area contributed by atoms with Crippen LogP contribution in [0.25, 0.3) is 6.08 Å². The van der Waals surface area contributed by atoms with Gasteiger partial charge in [0.05, 0.1) is 4.90 Å². The Morgan fingerprint density at radius 2 is 1.76 bits per heavy atom. The predicted molar refractivity (Wildman–Crippen MR) is 102 cm³/mol. The molecule has 0 aliphatic rings. The van der Waals surface area contributed by atoms with Crippen LogP contribution < -0.4 is 10.0 Å². The topological polar surface area (TPSA) is 75.3 Å². The summed E-state index contributed by atoms with van der Waals surface area (Å²) in [4.78, 5) is 12.2. The Kier molecular flexibility index (Phi) is 6.24. The van der Waals surface area contributed by atoms with Gasteiger partial charge in [0.25, 0.3) is 0 Å². The molecule has 25 heavy (non-hydrogen) atoms. The van der Waals surface area contributed by atoms with Crippen LogP contribution in [0.15, 0.2) is 47.4 Å². The zero-order chi connectivity index (χ0) is 18.6. The van der Waals surface area contributed by atoms with E-state index in [1.54, 1.807) is 37.3 Å². The molecule has 0 unspecified atom stereocenters. The van der Waals surface area contributed by atoms with Crippen molar-refractivity contribution >= 4 is 50.9 Å². The van der Waals surface area contributed by atoms with Gasteiger partial charge in [0.2, 0.25) is 15.9 Å². The number of anilines is 1. The number of carbonyl (C=O) groups is 1. The lowest BCUT2D eigenvalue weighted by Gasteiger charge is -2.09. The number of nitrogens with one attached hydrogen (secondary N) is 2. The molecule has 5 nitrogen and oxygen atoms in total. The molecule has 0 fully saturated rings. The van der Waals surface area contributed by atoms with Gasteiger partial charge in [-0.2, -0.15) is 0 Å². The highest BCUT2D eigenvalue weighted by Gasteiger charge is 2.15. The van der Waals surface area contributed by atoms with E-state index in [4.69, 9.17) is 23.2 Å². The second-order valence-electron chi connectivity index (χ2n) is 5.15. The van der Waals surface area contributed by atoms with Gasteiger partial charge in [0, 0.05) is 27.4 Å². The predicted octanol–water partition coefficient (Wildman–Crippen LogP) is 3.86. The van der Waals surface area contributed by atoms with Crippen LogP contribution in [0.3, 0.4) is 0 Å². The normalized spacial score (nSPS) is 11.7. The molecule has 0 saturated carbocycles. The van der Waals surface area contributed by atoms with Crippen LogP contribution in [0.2, 0.25) is 10.0 Å². The maximum absolute atomic E-state index is 12.1. The minimum absolute atomic E-state index is 0.103. The minimum Gasteiger partial charge on any atom is -0.322 e. The number of sulfonamides is 1. The fraction of sp³-hybridized carbons (Fsp3) is 0.118. The SMILES string of the molecule is CNS(=O)(=O)c1cc(NC(=O)/C=C/c2c(Cl)cccc2Cl)ccc1C. The monoisotopic (exact) mass is 398 g/mol. The molecular weight excluding hydrogens is 383 g/mol. The Balaban J connectivity index is 2.22. The number of hydrogen-bond acceptors (Lipinski definition) is 3. The number of hydrogen-bond donors (Lipinski definition) is 2. The van der Waals surface area contributed by atoms with E-state index in [-0.39, 0.29) is 4.90 Å². The van der Waals surface area contributed by atoms with Crippen molar-refractivity contribution < 1.29 is 13.2 Å². The van der Waals surface area contributed by atoms with E-state index in [0.717, 1.165) is 0 Å². The zero-order valence-corrected chi connectivity index (χ0v) is 15.8. The summed E-state index contributed by atoms with van der Waals surface area (Å²) in [6.07, 6.45) is 2.78. The summed E-state index contributed by atoms with van der Waals surface area (Å²) in [5.74, 6) is -0.437. The van der Waals surface area contributed by atoms with Crippen molar-refractivity contribution in [2.75, 3.05) is 12.4 Å². The standard InChI is InChI=1S/C17H16Cl2N2O3S/c1-11-6-7-12(10-16(11)25(23,24)20-2)21-17(22)9-8-13-14(18)4-3-5-15(13)19/h3-10,20H,1-2H3,(H,21,22)/b9-8+. The summed E-state index contributed by atoms with van der Waals surface area (Å²) < 4.78 is 26.2. The average molecular weight is 399 g/mol. The summed E-state index contributed by atoms with van der Waals surface area (Å²) in [6.45, 7) is 1.68. The third-order valence-corrected chi connectivity index (χ3v) is 5.63. The number of benzene rings is 2. The molecule has 0 aromatic heterocycles. The maximum atomic E-state index is 12.1. The molecule has 2 rings (SSSR count). The first-order valence-corrected chi connectivity index (χ1v) is 9.46. The summed E-state index contributed by atoms with van der Waals surface area (Å²) in [6, 6.07) is 9.68. The first-order chi connectivity index (χ1) is 11.7. The van der Waals surface area contributed by atoms with E-state index >= 15 is 0 Å². The van der Waals surface area contributed by atoms with E-state index in [2.05, 4.69) is 10.0 Å². The van der Waals surface area contributed by atoms with Crippen molar-refractivity contribution in [2.45, 2.75) is 11.8 Å². The molecule has 2 aromatic rings. The molecule has 2 aromatic carbocycles. The van der Waals surface area contributed by atoms with Crippen molar-refractivity contribution in [2.24, 2.45) is 0 Å². The second kappa shape index (κ2) is 8.01. The molecule has 132 valence electrons. The van der Waals surface area contributed by atoms with E-state index in [1.807, 2.05) is 0 Å². The summed E-state index contributed by atoms with van der Waals surface area (Å²) in [5, 5.41) is 3.46. The van der Waals surface area contributed by atoms with Gasteiger partial charge in [-0.3, -0.25) is 4.79 Å². The van der Waals surface area contributed by atoms with Crippen molar-refractivity contribution in [3.8, 4) is 0 Å². The smallest absolute Gasteiger partial charge is 0.248 e. The van der Waals surface area contributed by atoms with Gasteiger partial charge in [-0.05, 0) is 49.9 Å². The maximum Gasteiger partial charge on any atom is 0.248 e. The van der Waals surface area contributed by atoms with E-state index in [9.17, 15) is 13.2 Å². The number of rotatable bonds is 5. The number of aryl methyl sites for hydroxylation is 1. The number of carbonyl (C=O) groups excluding carboxylic acids is 1. The molecule has 0 radical (unpaired) electrons. The lowest BCUT2D eigenvalue weighted by molar-refractivity contribution is -0.111. The van der Waals surface area contributed by atoms with Gasteiger partial charge in [-0.25, -0.2) is 13.1 Å². The second-order valence-corrected chi connectivity index (χ2v) is 7.82. The van der Waals surface area contributed by atoms with Crippen molar-refractivity contribution in [3.63, 3.8) is 0 Å². The molecule has 1 amide bonds. The van der Waals surface area contributed by atoms with Gasteiger partial charge < -0.3 is 5.32 Å². The highest BCUT2D eigenvalue weighted by atomic mass is 35.5. The molecular formula is C17H16Cl2N2O3S. The first-order valence-electron chi connectivity index (χ1n) is 7.22. The highest BCUT2D eigenvalue weighted by Crippen LogP contribution is 2.25. The number of amides is 1. The van der Waals surface area contributed by atoms with Crippen molar-refractivity contribution in [3.05, 3.63) is 63.6 Å². The molecule has 0 atom stereocenters. The fourth-order valence-electron chi connectivity index (χ4n) is 2.09. The van der Waals surface area contributed by atoms with Crippen molar-refractivity contribution in [1.29, 1.82) is 0 Å². The largest absolute Gasteiger partial charge is 0.322 e. The summed E-state index contributed by atoms with van der Waals surface area (Å²) >= 11 is 12.1. The molecule has 8 heteroatoms.